The van der Waals surface area contributed by atoms with Gasteiger partial charge in [0.1, 0.15) is 0 Å². The summed E-state index contributed by atoms with van der Waals surface area (Å²) in [6, 6.07) is 8.76. The zero-order chi connectivity index (χ0) is 11.5. The lowest BCUT2D eigenvalue weighted by Crippen LogP contribution is -2.22. The van der Waals surface area contributed by atoms with E-state index in [1.165, 1.54) is 30.8 Å². The Bertz CT molecular complexity index is 348. The van der Waals surface area contributed by atoms with Crippen molar-refractivity contribution in [1.82, 2.24) is 0 Å². The Morgan fingerprint density at radius 1 is 1.44 bits per heavy atom. The summed E-state index contributed by atoms with van der Waals surface area (Å²) in [6.45, 7) is 6.82. The van der Waals surface area contributed by atoms with Crippen molar-refractivity contribution in [1.29, 1.82) is 0 Å². The topological polar surface area (TPSA) is 29.3 Å². The molecule has 0 aliphatic carbocycles. The normalized spacial score (nSPS) is 22.4. The van der Waals surface area contributed by atoms with Crippen LogP contribution in [0.25, 0.3) is 0 Å². The van der Waals surface area contributed by atoms with Crippen molar-refractivity contribution in [2.24, 2.45) is 11.7 Å². The predicted octanol–water partition coefficient (Wildman–Crippen LogP) is 2.94. The fourth-order valence-corrected chi connectivity index (χ4v) is 2.46. The van der Waals surface area contributed by atoms with Crippen molar-refractivity contribution in [2.75, 3.05) is 18.0 Å². The summed E-state index contributed by atoms with van der Waals surface area (Å²) in [6.07, 6.45) is 2.30. The second kappa shape index (κ2) is 4.88. The Morgan fingerprint density at radius 3 is 2.81 bits per heavy atom. The van der Waals surface area contributed by atoms with Crippen LogP contribution in [0.1, 0.15) is 38.3 Å². The lowest BCUT2D eigenvalue weighted by molar-refractivity contribution is 0.657. The van der Waals surface area contributed by atoms with Crippen LogP contribution in [0.15, 0.2) is 24.3 Å². The van der Waals surface area contributed by atoms with E-state index >= 15 is 0 Å². The molecule has 1 aliphatic heterocycles. The summed E-state index contributed by atoms with van der Waals surface area (Å²) in [5.41, 5.74) is 8.82. The Morgan fingerprint density at radius 2 is 2.19 bits per heavy atom. The molecule has 0 saturated carbocycles. The predicted molar refractivity (Wildman–Crippen MR) is 69.7 cm³/mol. The highest BCUT2D eigenvalue weighted by atomic mass is 15.2. The van der Waals surface area contributed by atoms with Gasteiger partial charge in [-0.05, 0) is 30.4 Å². The van der Waals surface area contributed by atoms with Crippen molar-refractivity contribution in [3.8, 4) is 0 Å². The lowest BCUT2D eigenvalue weighted by atomic mass is 10.0. The van der Waals surface area contributed by atoms with E-state index < -0.39 is 0 Å². The highest BCUT2D eigenvalue weighted by Gasteiger charge is 2.21. The van der Waals surface area contributed by atoms with Crippen LogP contribution in [-0.2, 0) is 0 Å². The summed E-state index contributed by atoms with van der Waals surface area (Å²) in [5, 5.41) is 0. The third-order valence-corrected chi connectivity index (χ3v) is 3.54. The first-order valence-electron chi connectivity index (χ1n) is 6.31. The fourth-order valence-electron chi connectivity index (χ4n) is 2.46. The van der Waals surface area contributed by atoms with Gasteiger partial charge in [-0.1, -0.05) is 32.0 Å². The van der Waals surface area contributed by atoms with E-state index in [1.807, 2.05) is 0 Å². The maximum absolute atomic E-state index is 6.17. The molecule has 1 unspecified atom stereocenters. The molecule has 2 rings (SSSR count). The zero-order valence-electron chi connectivity index (χ0n) is 10.3. The maximum Gasteiger partial charge on any atom is 0.0414 e. The van der Waals surface area contributed by atoms with E-state index in [2.05, 4.69) is 43.0 Å². The van der Waals surface area contributed by atoms with Gasteiger partial charge in [0.2, 0.25) is 0 Å². The Balaban J connectivity index is 2.26. The van der Waals surface area contributed by atoms with Gasteiger partial charge < -0.3 is 10.6 Å². The molecule has 1 saturated heterocycles. The molecule has 88 valence electrons. The van der Waals surface area contributed by atoms with Crippen LogP contribution in [-0.4, -0.2) is 13.1 Å². The molecule has 2 N–H and O–H groups in total. The maximum atomic E-state index is 6.17. The summed E-state index contributed by atoms with van der Waals surface area (Å²) < 4.78 is 0. The number of rotatable bonds is 3. The Hall–Kier alpha value is -1.02. The monoisotopic (exact) mass is 218 g/mol. The minimum absolute atomic E-state index is 0.173. The summed E-state index contributed by atoms with van der Waals surface area (Å²) in [5.74, 6) is 0.811. The van der Waals surface area contributed by atoms with Crippen LogP contribution in [0.4, 0.5) is 5.69 Å². The molecule has 0 bridgehead atoms. The van der Waals surface area contributed by atoms with Gasteiger partial charge in [-0.3, -0.25) is 0 Å². The van der Waals surface area contributed by atoms with Crippen LogP contribution in [0, 0.1) is 5.92 Å². The molecule has 1 fully saturated rings. The second-order valence-electron chi connectivity index (χ2n) is 4.91. The SMILES string of the molecule is CC[C@@H](N)c1ccccc1N1CCC(C)C1. The third kappa shape index (κ3) is 2.22. The minimum Gasteiger partial charge on any atom is -0.371 e. The average Bonchev–Trinajstić information content (AvgIpc) is 2.75. The van der Waals surface area contributed by atoms with E-state index in [9.17, 15) is 0 Å². The van der Waals surface area contributed by atoms with Crippen LogP contribution in [0.3, 0.4) is 0 Å². The molecule has 1 aromatic carbocycles. The molecular formula is C14H22N2. The first-order chi connectivity index (χ1) is 7.72. The highest BCUT2D eigenvalue weighted by Crippen LogP contribution is 2.30. The van der Waals surface area contributed by atoms with E-state index in [0.29, 0.717) is 0 Å². The summed E-state index contributed by atoms with van der Waals surface area (Å²) in [7, 11) is 0. The molecule has 1 aliphatic rings. The molecule has 2 heteroatoms. The largest absolute Gasteiger partial charge is 0.371 e. The molecule has 0 amide bonds. The lowest BCUT2D eigenvalue weighted by Gasteiger charge is -2.24. The van der Waals surface area contributed by atoms with Gasteiger partial charge in [0.05, 0.1) is 0 Å². The molecule has 1 heterocycles. The first-order valence-corrected chi connectivity index (χ1v) is 6.31. The molecule has 0 radical (unpaired) electrons. The van der Waals surface area contributed by atoms with Crippen molar-refractivity contribution >= 4 is 5.69 Å². The van der Waals surface area contributed by atoms with E-state index in [-0.39, 0.29) is 6.04 Å². The van der Waals surface area contributed by atoms with Gasteiger partial charge >= 0.3 is 0 Å². The number of hydrogen-bond acceptors (Lipinski definition) is 2. The quantitative estimate of drug-likeness (QED) is 0.845. The number of nitrogens with zero attached hydrogens (tertiary/aromatic N) is 1. The number of anilines is 1. The number of nitrogens with two attached hydrogens (primary N) is 1. The standard InChI is InChI=1S/C14H22N2/c1-3-13(15)12-6-4-5-7-14(12)16-9-8-11(2)10-16/h4-7,11,13H,3,8-10,15H2,1-2H3/t11?,13-/m1/s1. The van der Waals surface area contributed by atoms with Gasteiger partial charge in [-0.2, -0.15) is 0 Å². The Labute approximate surface area is 98.4 Å². The van der Waals surface area contributed by atoms with Crippen LogP contribution in [0.5, 0.6) is 0 Å². The van der Waals surface area contributed by atoms with Gasteiger partial charge in [-0.15, -0.1) is 0 Å². The number of hydrogen-bond donors (Lipinski definition) is 1. The number of para-hydroxylation sites is 1. The fraction of sp³-hybridized carbons (Fsp3) is 0.571. The van der Waals surface area contributed by atoms with Crippen molar-refractivity contribution in [3.05, 3.63) is 29.8 Å². The van der Waals surface area contributed by atoms with Crippen LogP contribution < -0.4 is 10.6 Å². The minimum atomic E-state index is 0.173. The molecule has 2 nitrogen and oxygen atoms in total. The molecule has 0 spiro atoms. The first kappa shape index (κ1) is 11.5. The Kier molecular flexibility index (Phi) is 3.49. The smallest absolute Gasteiger partial charge is 0.0414 e. The molecule has 16 heavy (non-hydrogen) atoms. The van der Waals surface area contributed by atoms with E-state index in [0.717, 1.165) is 12.3 Å². The number of benzene rings is 1. The molecule has 2 atom stereocenters. The van der Waals surface area contributed by atoms with Crippen LogP contribution in [0.2, 0.25) is 0 Å². The average molecular weight is 218 g/mol. The van der Waals surface area contributed by atoms with E-state index in [1.54, 1.807) is 0 Å². The van der Waals surface area contributed by atoms with Crippen molar-refractivity contribution in [3.63, 3.8) is 0 Å². The van der Waals surface area contributed by atoms with Crippen molar-refractivity contribution in [2.45, 2.75) is 32.7 Å². The second-order valence-corrected chi connectivity index (χ2v) is 4.91. The summed E-state index contributed by atoms with van der Waals surface area (Å²) in [4.78, 5) is 2.48. The van der Waals surface area contributed by atoms with Gasteiger partial charge in [0.15, 0.2) is 0 Å². The molecule has 1 aromatic rings. The highest BCUT2D eigenvalue weighted by molar-refractivity contribution is 5.55. The zero-order valence-corrected chi connectivity index (χ0v) is 10.3. The van der Waals surface area contributed by atoms with Gasteiger partial charge in [0, 0.05) is 24.8 Å². The third-order valence-electron chi connectivity index (χ3n) is 3.54. The van der Waals surface area contributed by atoms with Crippen molar-refractivity contribution < 1.29 is 0 Å². The van der Waals surface area contributed by atoms with E-state index in [4.69, 9.17) is 5.73 Å². The molecule has 0 aromatic heterocycles. The van der Waals surface area contributed by atoms with Gasteiger partial charge in [0.25, 0.3) is 0 Å². The van der Waals surface area contributed by atoms with Crippen LogP contribution >= 0.6 is 0 Å². The molecular weight excluding hydrogens is 196 g/mol. The summed E-state index contributed by atoms with van der Waals surface area (Å²) >= 11 is 0. The van der Waals surface area contributed by atoms with Gasteiger partial charge in [-0.25, -0.2) is 0 Å².